The molecule has 174 valence electrons. The van der Waals surface area contributed by atoms with Crippen LogP contribution in [0.15, 0.2) is 12.1 Å². The first-order chi connectivity index (χ1) is 14.7. The van der Waals surface area contributed by atoms with Gasteiger partial charge in [0.05, 0.1) is 0 Å². The zero-order valence-corrected chi connectivity index (χ0v) is 18.6. The summed E-state index contributed by atoms with van der Waals surface area (Å²) in [5, 5.41) is 18.7. The van der Waals surface area contributed by atoms with Crippen LogP contribution in [0.5, 0.6) is 0 Å². The van der Waals surface area contributed by atoms with Gasteiger partial charge in [-0.25, -0.2) is 8.78 Å². The molecule has 1 saturated carbocycles. The lowest BCUT2D eigenvalue weighted by atomic mass is 9.86. The molecule has 0 saturated heterocycles. The Balaban J connectivity index is 1.92. The quantitative estimate of drug-likeness (QED) is 0.318. The SMILES string of the molecule is CCCCCCCCCc1ccc(CN(C)C2CCC(C(=O)O)(C(=O)O)C2)c(F)c1F. The number of rotatable bonds is 13. The van der Waals surface area contributed by atoms with E-state index in [1.807, 2.05) is 0 Å². The molecule has 1 aromatic carbocycles. The number of benzene rings is 1. The van der Waals surface area contributed by atoms with E-state index in [1.54, 1.807) is 24.1 Å². The molecule has 0 aliphatic heterocycles. The van der Waals surface area contributed by atoms with Gasteiger partial charge in [0.2, 0.25) is 0 Å². The largest absolute Gasteiger partial charge is 0.480 e. The fourth-order valence-corrected chi connectivity index (χ4v) is 4.49. The summed E-state index contributed by atoms with van der Waals surface area (Å²) >= 11 is 0. The summed E-state index contributed by atoms with van der Waals surface area (Å²) in [6.07, 6.45) is 8.67. The molecule has 0 heterocycles. The van der Waals surface area contributed by atoms with Crippen LogP contribution in [0.1, 0.15) is 82.3 Å². The standard InChI is InChI=1S/C24H35F2NO4/c1-3-4-5-6-7-8-9-10-17-11-12-18(21(26)20(17)25)16-27(2)19-13-14-24(15-19,22(28)29)23(30)31/h11-12,19H,3-10,13-16H2,1-2H3,(H,28,29)(H,30,31). The third kappa shape index (κ3) is 6.25. The fraction of sp³-hybridized carbons (Fsp3) is 0.667. The van der Waals surface area contributed by atoms with E-state index in [2.05, 4.69) is 6.92 Å². The molecular weight excluding hydrogens is 404 g/mol. The summed E-state index contributed by atoms with van der Waals surface area (Å²) in [5.41, 5.74) is -1.22. The van der Waals surface area contributed by atoms with Crippen molar-refractivity contribution < 1.29 is 28.6 Å². The summed E-state index contributed by atoms with van der Waals surface area (Å²) in [4.78, 5) is 24.7. The second kappa shape index (κ2) is 11.6. The lowest BCUT2D eigenvalue weighted by Gasteiger charge is -2.26. The van der Waals surface area contributed by atoms with E-state index in [0.29, 0.717) is 18.4 Å². The van der Waals surface area contributed by atoms with Gasteiger partial charge in [-0.1, -0.05) is 57.6 Å². The van der Waals surface area contributed by atoms with E-state index in [9.17, 15) is 28.6 Å². The van der Waals surface area contributed by atoms with E-state index in [4.69, 9.17) is 0 Å². The van der Waals surface area contributed by atoms with Crippen molar-refractivity contribution >= 4 is 11.9 Å². The maximum atomic E-state index is 14.6. The van der Waals surface area contributed by atoms with E-state index in [1.165, 1.54) is 25.7 Å². The van der Waals surface area contributed by atoms with Gasteiger partial charge in [-0.3, -0.25) is 14.5 Å². The van der Waals surface area contributed by atoms with Gasteiger partial charge in [-0.05, 0) is 44.7 Å². The highest BCUT2D eigenvalue weighted by atomic mass is 19.2. The molecule has 0 aromatic heterocycles. The van der Waals surface area contributed by atoms with Gasteiger partial charge in [-0.2, -0.15) is 0 Å². The lowest BCUT2D eigenvalue weighted by Crippen LogP contribution is -2.39. The molecule has 1 aliphatic rings. The first-order valence-corrected chi connectivity index (χ1v) is 11.4. The summed E-state index contributed by atoms with van der Waals surface area (Å²) in [7, 11) is 1.69. The number of carboxylic acid groups (broad SMARTS) is 2. The molecule has 7 heteroatoms. The molecule has 2 N–H and O–H groups in total. The molecule has 1 atom stereocenters. The molecule has 5 nitrogen and oxygen atoms in total. The molecule has 1 fully saturated rings. The minimum atomic E-state index is -1.80. The van der Waals surface area contributed by atoms with Crippen LogP contribution in [0.4, 0.5) is 8.78 Å². The predicted molar refractivity (Wildman–Crippen MR) is 115 cm³/mol. The van der Waals surface area contributed by atoms with Crippen LogP contribution in [0.25, 0.3) is 0 Å². The van der Waals surface area contributed by atoms with Crippen LogP contribution < -0.4 is 0 Å². The van der Waals surface area contributed by atoms with E-state index >= 15 is 0 Å². The topological polar surface area (TPSA) is 77.8 Å². The van der Waals surface area contributed by atoms with Crippen molar-refractivity contribution in [1.29, 1.82) is 0 Å². The summed E-state index contributed by atoms with van der Waals surface area (Å²) < 4.78 is 29.2. The number of halogens is 2. The number of hydrogen-bond donors (Lipinski definition) is 2. The molecule has 0 radical (unpaired) electrons. The number of carbonyl (C=O) groups is 2. The second-order valence-electron chi connectivity index (χ2n) is 8.89. The van der Waals surface area contributed by atoms with Gasteiger partial charge in [-0.15, -0.1) is 0 Å². The zero-order valence-electron chi connectivity index (χ0n) is 18.6. The van der Waals surface area contributed by atoms with Crippen molar-refractivity contribution in [3.05, 3.63) is 34.9 Å². The normalized spacial score (nSPS) is 17.9. The molecule has 1 aromatic rings. The third-order valence-corrected chi connectivity index (χ3v) is 6.64. The monoisotopic (exact) mass is 439 g/mol. The predicted octanol–water partition coefficient (Wildman–Crippen LogP) is 5.40. The Labute approximate surface area is 183 Å². The van der Waals surface area contributed by atoms with Crippen LogP contribution in [0.3, 0.4) is 0 Å². The highest BCUT2D eigenvalue weighted by Gasteiger charge is 2.52. The lowest BCUT2D eigenvalue weighted by molar-refractivity contribution is -0.164. The minimum Gasteiger partial charge on any atom is -0.480 e. The van der Waals surface area contributed by atoms with Gasteiger partial charge >= 0.3 is 11.9 Å². The Bertz CT molecular complexity index is 754. The van der Waals surface area contributed by atoms with E-state index in [-0.39, 0.29) is 31.0 Å². The van der Waals surface area contributed by atoms with E-state index in [0.717, 1.165) is 19.3 Å². The Kier molecular flexibility index (Phi) is 9.41. The number of nitrogens with zero attached hydrogens (tertiary/aromatic N) is 1. The fourth-order valence-electron chi connectivity index (χ4n) is 4.49. The maximum absolute atomic E-state index is 14.6. The second-order valence-corrected chi connectivity index (χ2v) is 8.89. The Morgan fingerprint density at radius 3 is 2.13 bits per heavy atom. The van der Waals surface area contributed by atoms with Gasteiger partial charge in [0.25, 0.3) is 0 Å². The Morgan fingerprint density at radius 2 is 1.55 bits per heavy atom. The summed E-state index contributed by atoms with van der Waals surface area (Å²) in [5.74, 6) is -4.37. The van der Waals surface area contributed by atoms with Gasteiger partial charge in [0.1, 0.15) is 0 Å². The van der Waals surface area contributed by atoms with Crippen LogP contribution >= 0.6 is 0 Å². The molecular formula is C24H35F2NO4. The van der Waals surface area contributed by atoms with Crippen LogP contribution in [0, 0.1) is 17.0 Å². The number of aryl methyl sites for hydroxylation is 1. The van der Waals surface area contributed by atoms with Crippen LogP contribution in [-0.2, 0) is 22.6 Å². The molecule has 2 rings (SSSR count). The van der Waals surface area contributed by atoms with Crippen LogP contribution in [-0.4, -0.2) is 40.1 Å². The van der Waals surface area contributed by atoms with Crippen molar-refractivity contribution in [3.63, 3.8) is 0 Å². The van der Waals surface area contributed by atoms with Crippen molar-refractivity contribution in [3.8, 4) is 0 Å². The number of hydrogen-bond acceptors (Lipinski definition) is 3. The van der Waals surface area contributed by atoms with Crippen molar-refractivity contribution in [1.82, 2.24) is 4.90 Å². The Morgan fingerprint density at radius 1 is 1.00 bits per heavy atom. The minimum absolute atomic E-state index is 0.0287. The number of carboxylic acids is 2. The highest BCUT2D eigenvalue weighted by molar-refractivity contribution is 5.98. The zero-order chi connectivity index (χ0) is 23.0. The Hall–Kier alpha value is -2.02. The summed E-state index contributed by atoms with van der Waals surface area (Å²) in [6.45, 7) is 2.27. The van der Waals surface area contributed by atoms with Crippen LogP contribution in [0.2, 0.25) is 0 Å². The van der Waals surface area contributed by atoms with Crippen molar-refractivity contribution in [2.24, 2.45) is 5.41 Å². The molecule has 0 bridgehead atoms. The highest BCUT2D eigenvalue weighted by Crippen LogP contribution is 2.41. The average Bonchev–Trinajstić information content (AvgIpc) is 3.19. The molecule has 0 spiro atoms. The van der Waals surface area contributed by atoms with Gasteiger partial charge in [0, 0.05) is 18.2 Å². The number of unbranched alkanes of at least 4 members (excludes halogenated alkanes) is 6. The van der Waals surface area contributed by atoms with E-state index < -0.39 is 29.0 Å². The van der Waals surface area contributed by atoms with Crippen molar-refractivity contribution in [2.75, 3.05) is 7.05 Å². The first kappa shape index (κ1) is 25.2. The molecule has 1 unspecified atom stereocenters. The molecule has 0 amide bonds. The average molecular weight is 440 g/mol. The van der Waals surface area contributed by atoms with Gasteiger partial charge < -0.3 is 10.2 Å². The molecule has 31 heavy (non-hydrogen) atoms. The van der Waals surface area contributed by atoms with Gasteiger partial charge in [0.15, 0.2) is 17.0 Å². The maximum Gasteiger partial charge on any atom is 0.321 e. The summed E-state index contributed by atoms with van der Waals surface area (Å²) in [6, 6.07) is 2.90. The number of aliphatic carboxylic acids is 2. The third-order valence-electron chi connectivity index (χ3n) is 6.64. The smallest absolute Gasteiger partial charge is 0.321 e. The molecule has 1 aliphatic carbocycles. The first-order valence-electron chi connectivity index (χ1n) is 11.4. The van der Waals surface area contributed by atoms with Crippen molar-refractivity contribution in [2.45, 2.75) is 90.1 Å².